The second-order valence-corrected chi connectivity index (χ2v) is 4.12. The summed E-state index contributed by atoms with van der Waals surface area (Å²) in [4.78, 5) is 2.03. The van der Waals surface area contributed by atoms with Gasteiger partial charge in [0.2, 0.25) is 6.79 Å². The van der Waals surface area contributed by atoms with Crippen molar-refractivity contribution in [2.24, 2.45) is 0 Å². The van der Waals surface area contributed by atoms with Crippen molar-refractivity contribution in [3.8, 4) is 17.2 Å². The largest absolute Gasteiger partial charge is 0.492 e. The summed E-state index contributed by atoms with van der Waals surface area (Å²) < 4.78 is 16.1. The molecule has 0 atom stereocenters. The number of hydrogen-bond acceptors (Lipinski definition) is 5. The molecule has 1 heterocycles. The smallest absolute Gasteiger partial charge is 0.231 e. The van der Waals surface area contributed by atoms with Gasteiger partial charge in [-0.05, 0) is 20.2 Å². The lowest BCUT2D eigenvalue weighted by Gasteiger charge is -2.13. The normalized spacial score (nSPS) is 13.2. The van der Waals surface area contributed by atoms with Crippen LogP contribution in [0.3, 0.4) is 0 Å². The van der Waals surface area contributed by atoms with Crippen LogP contribution in [0.15, 0.2) is 12.1 Å². The number of nitrogens with zero attached hydrogens (tertiary/aromatic N) is 1. The molecule has 0 aromatic heterocycles. The lowest BCUT2D eigenvalue weighted by molar-refractivity contribution is 0.173. The molecule has 5 heteroatoms. The van der Waals surface area contributed by atoms with Crippen LogP contribution >= 0.6 is 0 Å². The third kappa shape index (κ3) is 2.81. The van der Waals surface area contributed by atoms with E-state index in [1.54, 1.807) is 12.1 Å². The fourth-order valence-electron chi connectivity index (χ4n) is 1.56. The van der Waals surface area contributed by atoms with Gasteiger partial charge >= 0.3 is 0 Å². The Morgan fingerprint density at radius 3 is 2.65 bits per heavy atom. The van der Waals surface area contributed by atoms with Crippen molar-refractivity contribution in [1.29, 1.82) is 0 Å². The molecule has 0 radical (unpaired) electrons. The van der Waals surface area contributed by atoms with E-state index in [1.165, 1.54) is 0 Å². The number of aliphatic hydroxyl groups excluding tert-OH is 1. The van der Waals surface area contributed by atoms with Gasteiger partial charge in [0.25, 0.3) is 0 Å². The lowest BCUT2D eigenvalue weighted by Crippen LogP contribution is -2.19. The van der Waals surface area contributed by atoms with Gasteiger partial charge in [-0.3, -0.25) is 0 Å². The van der Waals surface area contributed by atoms with Crippen LogP contribution in [0.2, 0.25) is 0 Å². The van der Waals surface area contributed by atoms with Crippen LogP contribution < -0.4 is 14.2 Å². The number of rotatable bonds is 5. The Morgan fingerprint density at radius 1 is 1.29 bits per heavy atom. The van der Waals surface area contributed by atoms with E-state index in [-0.39, 0.29) is 13.4 Å². The predicted octanol–water partition coefficient (Wildman–Crippen LogP) is 0.848. The average Bonchev–Trinajstić information content (AvgIpc) is 2.74. The molecule has 1 aromatic carbocycles. The molecule has 1 aliphatic rings. The van der Waals surface area contributed by atoms with Crippen molar-refractivity contribution >= 4 is 0 Å². The second-order valence-electron chi connectivity index (χ2n) is 4.12. The predicted molar refractivity (Wildman–Crippen MR) is 62.5 cm³/mol. The maximum Gasteiger partial charge on any atom is 0.231 e. The highest BCUT2D eigenvalue weighted by molar-refractivity contribution is 5.51. The van der Waals surface area contributed by atoms with Gasteiger partial charge in [0.15, 0.2) is 11.5 Å². The first-order valence-electron chi connectivity index (χ1n) is 5.51. The number of fused-ring (bicyclic) bond motifs is 1. The number of benzene rings is 1. The van der Waals surface area contributed by atoms with E-state index in [9.17, 15) is 5.11 Å². The first kappa shape index (κ1) is 12.0. The average molecular weight is 239 g/mol. The Morgan fingerprint density at radius 2 is 2.00 bits per heavy atom. The van der Waals surface area contributed by atoms with Crippen molar-refractivity contribution in [3.63, 3.8) is 0 Å². The molecule has 0 aliphatic carbocycles. The van der Waals surface area contributed by atoms with Crippen molar-refractivity contribution in [2.75, 3.05) is 34.0 Å². The van der Waals surface area contributed by atoms with Gasteiger partial charge in [0, 0.05) is 18.2 Å². The molecule has 0 unspecified atom stereocenters. The fourth-order valence-corrected chi connectivity index (χ4v) is 1.56. The quantitative estimate of drug-likeness (QED) is 0.825. The van der Waals surface area contributed by atoms with E-state index in [0.717, 1.165) is 6.54 Å². The van der Waals surface area contributed by atoms with E-state index >= 15 is 0 Å². The fraction of sp³-hybridized carbons (Fsp3) is 0.500. The zero-order valence-electron chi connectivity index (χ0n) is 10.1. The summed E-state index contributed by atoms with van der Waals surface area (Å²) >= 11 is 0. The zero-order chi connectivity index (χ0) is 12.3. The summed E-state index contributed by atoms with van der Waals surface area (Å²) in [6, 6.07) is 3.52. The number of likely N-dealkylation sites (N-methyl/N-ethyl adjacent to an activating group) is 1. The highest BCUT2D eigenvalue weighted by Gasteiger charge is 2.17. The Balaban J connectivity index is 2.09. The van der Waals surface area contributed by atoms with Crippen LogP contribution in [0.5, 0.6) is 17.2 Å². The van der Waals surface area contributed by atoms with Crippen LogP contribution in [0.1, 0.15) is 5.56 Å². The summed E-state index contributed by atoms with van der Waals surface area (Å²) in [5.74, 6) is 1.98. The molecule has 94 valence electrons. The van der Waals surface area contributed by atoms with Crippen LogP contribution in [-0.4, -0.2) is 44.0 Å². The molecule has 5 nitrogen and oxygen atoms in total. The van der Waals surface area contributed by atoms with Gasteiger partial charge in [0.1, 0.15) is 12.4 Å². The maximum atomic E-state index is 9.27. The molecule has 1 aliphatic heterocycles. The summed E-state index contributed by atoms with van der Waals surface area (Å²) in [5, 5.41) is 9.27. The molecule has 0 spiro atoms. The molecular formula is C12H17NO4. The molecule has 0 fully saturated rings. The van der Waals surface area contributed by atoms with Crippen molar-refractivity contribution in [3.05, 3.63) is 17.7 Å². The van der Waals surface area contributed by atoms with Gasteiger partial charge in [-0.25, -0.2) is 0 Å². The Kier molecular flexibility index (Phi) is 3.71. The third-order valence-electron chi connectivity index (χ3n) is 2.52. The number of ether oxygens (including phenoxy) is 3. The first-order valence-corrected chi connectivity index (χ1v) is 5.51. The van der Waals surface area contributed by atoms with E-state index in [0.29, 0.717) is 29.4 Å². The van der Waals surface area contributed by atoms with Crippen LogP contribution in [-0.2, 0) is 6.61 Å². The molecule has 0 amide bonds. The SMILES string of the molecule is CN(C)CCOc1cc2c(cc1CO)OCO2. The van der Waals surface area contributed by atoms with E-state index in [2.05, 4.69) is 0 Å². The lowest BCUT2D eigenvalue weighted by atomic mass is 10.2. The summed E-state index contributed by atoms with van der Waals surface area (Å²) in [7, 11) is 3.96. The van der Waals surface area contributed by atoms with Gasteiger partial charge in [-0.15, -0.1) is 0 Å². The Hall–Kier alpha value is -1.46. The molecule has 0 saturated carbocycles. The molecule has 17 heavy (non-hydrogen) atoms. The van der Waals surface area contributed by atoms with Crippen LogP contribution in [0.4, 0.5) is 0 Å². The summed E-state index contributed by atoms with van der Waals surface area (Å²) in [5.41, 5.74) is 0.716. The zero-order valence-corrected chi connectivity index (χ0v) is 10.1. The minimum atomic E-state index is -0.0755. The van der Waals surface area contributed by atoms with Crippen molar-refractivity contribution in [2.45, 2.75) is 6.61 Å². The standard InChI is InChI=1S/C12H17NO4/c1-13(2)3-4-15-10-6-12-11(16-8-17-12)5-9(10)7-14/h5-6,14H,3-4,7-8H2,1-2H3. The molecular weight excluding hydrogens is 222 g/mol. The monoisotopic (exact) mass is 239 g/mol. The van der Waals surface area contributed by atoms with Crippen LogP contribution in [0, 0.1) is 0 Å². The molecule has 0 saturated heterocycles. The van der Waals surface area contributed by atoms with E-state index in [1.807, 2.05) is 19.0 Å². The van der Waals surface area contributed by atoms with Crippen LogP contribution in [0.25, 0.3) is 0 Å². The number of hydrogen-bond donors (Lipinski definition) is 1. The number of aliphatic hydroxyl groups is 1. The topological polar surface area (TPSA) is 51.2 Å². The minimum absolute atomic E-state index is 0.0755. The summed E-state index contributed by atoms with van der Waals surface area (Å²) in [6.45, 7) is 1.54. The van der Waals surface area contributed by atoms with Gasteiger partial charge in [-0.1, -0.05) is 0 Å². The molecule has 1 aromatic rings. The van der Waals surface area contributed by atoms with Gasteiger partial charge in [-0.2, -0.15) is 0 Å². The van der Waals surface area contributed by atoms with Gasteiger partial charge in [0.05, 0.1) is 6.61 Å². The van der Waals surface area contributed by atoms with E-state index in [4.69, 9.17) is 14.2 Å². The third-order valence-corrected chi connectivity index (χ3v) is 2.52. The molecule has 0 bridgehead atoms. The van der Waals surface area contributed by atoms with E-state index < -0.39 is 0 Å². The van der Waals surface area contributed by atoms with Gasteiger partial charge < -0.3 is 24.2 Å². The summed E-state index contributed by atoms with van der Waals surface area (Å²) in [6.07, 6.45) is 0. The Labute approximate surface area is 101 Å². The highest BCUT2D eigenvalue weighted by Crippen LogP contribution is 2.38. The highest BCUT2D eigenvalue weighted by atomic mass is 16.7. The van der Waals surface area contributed by atoms with Crippen molar-refractivity contribution in [1.82, 2.24) is 4.90 Å². The first-order chi connectivity index (χ1) is 8.20. The second kappa shape index (κ2) is 5.25. The van der Waals surface area contributed by atoms with Crippen molar-refractivity contribution < 1.29 is 19.3 Å². The minimum Gasteiger partial charge on any atom is -0.492 e. The maximum absolute atomic E-state index is 9.27. The molecule has 1 N–H and O–H groups in total. The Bertz CT molecular complexity index is 392. The molecule has 2 rings (SSSR count).